The second-order valence-corrected chi connectivity index (χ2v) is 7.19. The number of benzene rings is 2. The number of hydrogen-bond donors (Lipinski definition) is 3. The smallest absolute Gasteiger partial charge is 0.315 e. The third-order valence-corrected chi connectivity index (χ3v) is 4.51. The molecule has 3 N–H and O–H groups in total. The van der Waals surface area contributed by atoms with Crippen molar-refractivity contribution in [3.63, 3.8) is 0 Å². The molecule has 0 aliphatic carbocycles. The predicted octanol–water partition coefficient (Wildman–Crippen LogP) is 4.89. The maximum atomic E-state index is 12.4. The van der Waals surface area contributed by atoms with Gasteiger partial charge in [-0.25, -0.2) is 4.79 Å². The highest BCUT2D eigenvalue weighted by Gasteiger charge is 2.13. The summed E-state index contributed by atoms with van der Waals surface area (Å²) < 4.78 is 0. The molecule has 27 heavy (non-hydrogen) atoms. The molecule has 5 heteroatoms. The van der Waals surface area contributed by atoms with Gasteiger partial charge in [-0.15, -0.1) is 0 Å². The molecule has 0 aromatic heterocycles. The van der Waals surface area contributed by atoms with Crippen molar-refractivity contribution in [1.82, 2.24) is 10.6 Å². The van der Waals surface area contributed by atoms with E-state index in [1.807, 2.05) is 38.1 Å². The van der Waals surface area contributed by atoms with E-state index in [0.29, 0.717) is 11.6 Å². The van der Waals surface area contributed by atoms with Crippen LogP contribution in [0.2, 0.25) is 0 Å². The van der Waals surface area contributed by atoms with E-state index < -0.39 is 0 Å². The van der Waals surface area contributed by atoms with E-state index in [4.69, 9.17) is 0 Å². The van der Waals surface area contributed by atoms with Crippen molar-refractivity contribution in [3.8, 4) is 0 Å². The second kappa shape index (κ2) is 9.21. The molecule has 0 bridgehead atoms. The Balaban J connectivity index is 1.95. The first-order valence-corrected chi connectivity index (χ1v) is 9.30. The van der Waals surface area contributed by atoms with E-state index in [1.54, 1.807) is 0 Å². The van der Waals surface area contributed by atoms with Crippen LogP contribution in [0.1, 0.15) is 69.3 Å². The highest BCUT2D eigenvalue weighted by atomic mass is 16.2. The summed E-state index contributed by atoms with van der Waals surface area (Å²) in [5, 5.41) is 8.67. The highest BCUT2D eigenvalue weighted by molar-refractivity contribution is 5.88. The first-order chi connectivity index (χ1) is 12.8. The number of anilines is 1. The van der Waals surface area contributed by atoms with E-state index in [-0.39, 0.29) is 24.0 Å². The Kier molecular flexibility index (Phi) is 6.99. The lowest BCUT2D eigenvalue weighted by molar-refractivity contribution is -0.114. The van der Waals surface area contributed by atoms with Gasteiger partial charge in [0.1, 0.15) is 0 Å². The van der Waals surface area contributed by atoms with E-state index in [9.17, 15) is 9.59 Å². The Hall–Kier alpha value is -2.82. The maximum absolute atomic E-state index is 12.4. The minimum absolute atomic E-state index is 0.0934. The minimum Gasteiger partial charge on any atom is -0.332 e. The van der Waals surface area contributed by atoms with Crippen LogP contribution >= 0.6 is 0 Å². The van der Waals surface area contributed by atoms with Crippen LogP contribution in [0.15, 0.2) is 48.5 Å². The molecule has 0 fully saturated rings. The molecule has 2 aromatic carbocycles. The summed E-state index contributed by atoms with van der Waals surface area (Å²) >= 11 is 0. The van der Waals surface area contributed by atoms with Crippen molar-refractivity contribution in [3.05, 3.63) is 65.2 Å². The Morgan fingerprint density at radius 2 is 1.33 bits per heavy atom. The van der Waals surface area contributed by atoms with Crippen LogP contribution in [0.5, 0.6) is 0 Å². The van der Waals surface area contributed by atoms with Gasteiger partial charge in [-0.2, -0.15) is 0 Å². The van der Waals surface area contributed by atoms with Gasteiger partial charge < -0.3 is 16.0 Å². The summed E-state index contributed by atoms with van der Waals surface area (Å²) in [6.07, 6.45) is 0. The van der Waals surface area contributed by atoms with Gasteiger partial charge in [-0.3, -0.25) is 4.79 Å². The number of amides is 3. The lowest BCUT2D eigenvalue weighted by atomic mass is 10.00. The van der Waals surface area contributed by atoms with Crippen LogP contribution in [-0.4, -0.2) is 11.9 Å². The summed E-state index contributed by atoms with van der Waals surface area (Å²) in [4.78, 5) is 23.6. The molecule has 0 aliphatic heterocycles. The summed E-state index contributed by atoms with van der Waals surface area (Å²) in [5.41, 5.74) is 3.98. The molecule has 0 radical (unpaired) electrons. The number of rotatable bonds is 6. The van der Waals surface area contributed by atoms with Crippen molar-refractivity contribution in [2.75, 3.05) is 5.32 Å². The van der Waals surface area contributed by atoms with Crippen molar-refractivity contribution in [2.24, 2.45) is 0 Å². The molecule has 0 heterocycles. The molecule has 2 atom stereocenters. The highest BCUT2D eigenvalue weighted by Crippen LogP contribution is 2.20. The number of hydrogen-bond acceptors (Lipinski definition) is 2. The van der Waals surface area contributed by atoms with Crippen molar-refractivity contribution < 1.29 is 9.59 Å². The number of nitrogens with one attached hydrogen (secondary N) is 3. The zero-order valence-electron chi connectivity index (χ0n) is 16.7. The number of carbonyl (C=O) groups excluding carboxylic acids is 2. The molecule has 2 rings (SSSR count). The van der Waals surface area contributed by atoms with Crippen LogP contribution in [0.4, 0.5) is 10.5 Å². The minimum atomic E-state index is -0.229. The third kappa shape index (κ3) is 6.13. The first kappa shape index (κ1) is 20.5. The van der Waals surface area contributed by atoms with Gasteiger partial charge in [0.05, 0.1) is 12.1 Å². The molecule has 0 spiro atoms. The molecule has 0 saturated heterocycles. The lowest BCUT2D eigenvalue weighted by Crippen LogP contribution is -2.38. The fourth-order valence-electron chi connectivity index (χ4n) is 2.86. The van der Waals surface area contributed by atoms with Crippen LogP contribution < -0.4 is 16.0 Å². The summed E-state index contributed by atoms with van der Waals surface area (Å²) in [5.74, 6) is 0.363. The lowest BCUT2D eigenvalue weighted by Gasteiger charge is -2.19. The van der Waals surface area contributed by atoms with Gasteiger partial charge >= 0.3 is 6.03 Å². The van der Waals surface area contributed by atoms with E-state index >= 15 is 0 Å². The zero-order chi connectivity index (χ0) is 20.0. The molecule has 5 nitrogen and oxygen atoms in total. The third-order valence-electron chi connectivity index (χ3n) is 4.51. The Labute approximate surface area is 161 Å². The molecule has 2 aromatic rings. The van der Waals surface area contributed by atoms with E-state index in [2.05, 4.69) is 54.1 Å². The van der Waals surface area contributed by atoms with Crippen molar-refractivity contribution in [1.29, 1.82) is 0 Å². The topological polar surface area (TPSA) is 70.2 Å². The molecular formula is C22H29N3O2. The quantitative estimate of drug-likeness (QED) is 0.680. The second-order valence-electron chi connectivity index (χ2n) is 7.19. The number of carbonyl (C=O) groups is 2. The summed E-state index contributed by atoms with van der Waals surface area (Å²) in [7, 11) is 0. The van der Waals surface area contributed by atoms with Gasteiger partial charge in [0.25, 0.3) is 0 Å². The Morgan fingerprint density at radius 3 is 1.89 bits per heavy atom. The Bertz CT molecular complexity index is 784. The van der Waals surface area contributed by atoms with Gasteiger partial charge in [-0.1, -0.05) is 50.2 Å². The largest absolute Gasteiger partial charge is 0.332 e. The zero-order valence-corrected chi connectivity index (χ0v) is 16.7. The van der Waals surface area contributed by atoms with Gasteiger partial charge in [0, 0.05) is 12.6 Å². The first-order valence-electron chi connectivity index (χ1n) is 9.30. The summed E-state index contributed by atoms with van der Waals surface area (Å²) in [6, 6.07) is 15.3. The normalized spacial score (nSPS) is 13.0. The average Bonchev–Trinajstić information content (AvgIpc) is 2.61. The van der Waals surface area contributed by atoms with Crippen LogP contribution in [0.25, 0.3) is 0 Å². The van der Waals surface area contributed by atoms with E-state index in [0.717, 1.165) is 11.1 Å². The fraction of sp³-hybridized carbons (Fsp3) is 0.364. The van der Waals surface area contributed by atoms with Gasteiger partial charge in [-0.05, 0) is 48.6 Å². The molecular weight excluding hydrogens is 338 g/mol. The van der Waals surface area contributed by atoms with Crippen LogP contribution in [0, 0.1) is 0 Å². The molecule has 0 aliphatic rings. The molecule has 0 unspecified atom stereocenters. The van der Waals surface area contributed by atoms with Gasteiger partial charge in [0.15, 0.2) is 0 Å². The van der Waals surface area contributed by atoms with Crippen LogP contribution in [0.3, 0.4) is 0 Å². The SMILES string of the molecule is CC(=O)Nc1cccc([C@H](C)NC(=O)N[C@H](C)c2ccc(C(C)C)cc2)c1. The van der Waals surface area contributed by atoms with Crippen molar-refractivity contribution in [2.45, 2.75) is 52.6 Å². The van der Waals surface area contributed by atoms with Gasteiger partial charge in [0.2, 0.25) is 5.91 Å². The predicted molar refractivity (Wildman–Crippen MR) is 110 cm³/mol. The monoisotopic (exact) mass is 367 g/mol. The molecule has 3 amide bonds. The fourth-order valence-corrected chi connectivity index (χ4v) is 2.86. The molecule has 144 valence electrons. The Morgan fingerprint density at radius 1 is 0.778 bits per heavy atom. The van der Waals surface area contributed by atoms with E-state index in [1.165, 1.54) is 12.5 Å². The standard InChI is InChI=1S/C22H29N3O2/c1-14(2)18-9-11-19(12-10-18)15(3)23-22(27)24-16(4)20-7-6-8-21(13-20)25-17(5)26/h6-16H,1-5H3,(H,25,26)(H2,23,24,27)/t15-,16+/m1/s1. The maximum Gasteiger partial charge on any atom is 0.315 e. The number of urea groups is 1. The summed E-state index contributed by atoms with van der Waals surface area (Å²) in [6.45, 7) is 9.66. The van der Waals surface area contributed by atoms with Crippen LogP contribution in [-0.2, 0) is 4.79 Å². The van der Waals surface area contributed by atoms with Crippen molar-refractivity contribution >= 4 is 17.6 Å². The molecule has 0 saturated carbocycles. The average molecular weight is 367 g/mol.